The molecular formula is C18H31N3. The van der Waals surface area contributed by atoms with Crippen LogP contribution < -0.4 is 10.2 Å². The van der Waals surface area contributed by atoms with E-state index in [0.29, 0.717) is 12.0 Å². The average Bonchev–Trinajstić information content (AvgIpc) is 3.20. The Bertz CT molecular complexity index is 450. The summed E-state index contributed by atoms with van der Waals surface area (Å²) in [4.78, 5) is 7.23. The Balaban J connectivity index is 2.02. The van der Waals surface area contributed by atoms with Gasteiger partial charge in [0.2, 0.25) is 0 Å². The van der Waals surface area contributed by atoms with Gasteiger partial charge in [0, 0.05) is 25.3 Å². The van der Waals surface area contributed by atoms with E-state index in [0.717, 1.165) is 25.6 Å². The van der Waals surface area contributed by atoms with Gasteiger partial charge in [0.05, 0.1) is 0 Å². The molecule has 1 heterocycles. The Morgan fingerprint density at radius 2 is 2.00 bits per heavy atom. The molecule has 3 heteroatoms. The fraction of sp³-hybridized carbons (Fsp3) is 0.722. The van der Waals surface area contributed by atoms with E-state index in [1.165, 1.54) is 29.8 Å². The van der Waals surface area contributed by atoms with E-state index >= 15 is 0 Å². The molecule has 1 fully saturated rings. The van der Waals surface area contributed by atoms with E-state index in [1.807, 2.05) is 6.20 Å². The Labute approximate surface area is 130 Å². The van der Waals surface area contributed by atoms with Crippen LogP contribution in [0.15, 0.2) is 12.3 Å². The molecule has 118 valence electrons. The van der Waals surface area contributed by atoms with Crippen molar-refractivity contribution in [2.24, 2.45) is 11.8 Å². The van der Waals surface area contributed by atoms with E-state index in [1.54, 1.807) is 0 Å². The molecule has 21 heavy (non-hydrogen) atoms. The maximum Gasteiger partial charge on any atom is 0.131 e. The van der Waals surface area contributed by atoms with Gasteiger partial charge in [-0.2, -0.15) is 0 Å². The maximum absolute atomic E-state index is 4.76. The zero-order chi connectivity index (χ0) is 15.4. The first-order valence-electron chi connectivity index (χ1n) is 8.40. The fourth-order valence-corrected chi connectivity index (χ4v) is 2.65. The molecule has 1 aliphatic carbocycles. The molecule has 1 saturated carbocycles. The van der Waals surface area contributed by atoms with Crippen LogP contribution in [0, 0.1) is 18.8 Å². The zero-order valence-corrected chi connectivity index (χ0v) is 14.3. The lowest BCUT2D eigenvalue weighted by molar-refractivity contribution is 0.551. The minimum absolute atomic E-state index is 0.515. The summed E-state index contributed by atoms with van der Waals surface area (Å²) in [6.45, 7) is 14.3. The van der Waals surface area contributed by atoms with Crippen LogP contribution in [0.5, 0.6) is 0 Å². The Morgan fingerprint density at radius 1 is 1.29 bits per heavy atom. The van der Waals surface area contributed by atoms with Gasteiger partial charge < -0.3 is 10.2 Å². The van der Waals surface area contributed by atoms with Crippen molar-refractivity contribution in [3.8, 4) is 0 Å². The molecule has 0 amide bonds. The normalized spacial score (nSPS) is 15.0. The summed E-state index contributed by atoms with van der Waals surface area (Å²) >= 11 is 0. The number of aromatic nitrogens is 1. The van der Waals surface area contributed by atoms with Gasteiger partial charge in [-0.25, -0.2) is 4.98 Å². The maximum atomic E-state index is 4.76. The minimum Gasteiger partial charge on any atom is -0.354 e. The number of nitrogens with one attached hydrogen (secondary N) is 1. The highest BCUT2D eigenvalue weighted by atomic mass is 15.2. The largest absolute Gasteiger partial charge is 0.354 e. The van der Waals surface area contributed by atoms with Gasteiger partial charge in [-0.05, 0) is 69.2 Å². The number of pyridine rings is 1. The highest BCUT2D eigenvalue weighted by Crippen LogP contribution is 2.32. The summed E-state index contributed by atoms with van der Waals surface area (Å²) in [7, 11) is 0. The summed E-state index contributed by atoms with van der Waals surface area (Å²) in [5.74, 6) is 2.75. The monoisotopic (exact) mass is 289 g/mol. The molecule has 1 aromatic rings. The lowest BCUT2D eigenvalue weighted by Gasteiger charge is -2.29. The fourth-order valence-electron chi connectivity index (χ4n) is 2.65. The molecule has 0 unspecified atom stereocenters. The van der Waals surface area contributed by atoms with Crippen LogP contribution >= 0.6 is 0 Å². The van der Waals surface area contributed by atoms with Gasteiger partial charge >= 0.3 is 0 Å². The first kappa shape index (κ1) is 16.3. The van der Waals surface area contributed by atoms with Gasteiger partial charge in [-0.15, -0.1) is 0 Å². The summed E-state index contributed by atoms with van der Waals surface area (Å²) in [5, 5.41) is 3.49. The van der Waals surface area contributed by atoms with Crippen LogP contribution in [0.3, 0.4) is 0 Å². The molecule has 2 rings (SSSR count). The summed E-state index contributed by atoms with van der Waals surface area (Å²) in [6.07, 6.45) is 4.82. The number of nitrogens with zero attached hydrogens (tertiary/aromatic N) is 2. The van der Waals surface area contributed by atoms with Crippen molar-refractivity contribution in [3.05, 3.63) is 23.4 Å². The molecule has 1 aromatic heterocycles. The Hall–Kier alpha value is -1.09. The molecule has 0 bridgehead atoms. The second-order valence-electron chi connectivity index (χ2n) is 7.20. The van der Waals surface area contributed by atoms with E-state index in [2.05, 4.69) is 50.9 Å². The van der Waals surface area contributed by atoms with Crippen LogP contribution in [0.25, 0.3) is 0 Å². The first-order valence-corrected chi connectivity index (χ1v) is 8.40. The van der Waals surface area contributed by atoms with Crippen LogP contribution in [0.1, 0.15) is 51.7 Å². The molecule has 1 aliphatic rings. The topological polar surface area (TPSA) is 28.2 Å². The van der Waals surface area contributed by atoms with E-state index < -0.39 is 0 Å². The molecular weight excluding hydrogens is 258 g/mol. The third-order valence-electron chi connectivity index (χ3n) is 4.04. The van der Waals surface area contributed by atoms with Crippen molar-refractivity contribution in [3.63, 3.8) is 0 Å². The zero-order valence-electron chi connectivity index (χ0n) is 14.3. The van der Waals surface area contributed by atoms with Gasteiger partial charge in [0.25, 0.3) is 0 Å². The molecule has 0 aliphatic heterocycles. The van der Waals surface area contributed by atoms with Crippen molar-refractivity contribution in [1.29, 1.82) is 0 Å². The number of anilines is 1. The predicted molar refractivity (Wildman–Crippen MR) is 90.7 cm³/mol. The highest BCUT2D eigenvalue weighted by Gasteiger charge is 2.26. The quantitative estimate of drug-likeness (QED) is 0.790. The first-order chi connectivity index (χ1) is 9.97. The van der Waals surface area contributed by atoms with E-state index in [4.69, 9.17) is 4.98 Å². The lowest BCUT2D eigenvalue weighted by Crippen LogP contribution is -2.34. The molecule has 0 radical (unpaired) electrons. The van der Waals surface area contributed by atoms with Gasteiger partial charge in [0.1, 0.15) is 5.82 Å². The van der Waals surface area contributed by atoms with Crippen LogP contribution in [0.4, 0.5) is 5.82 Å². The second kappa shape index (κ2) is 7.26. The van der Waals surface area contributed by atoms with E-state index in [-0.39, 0.29) is 0 Å². The van der Waals surface area contributed by atoms with Gasteiger partial charge in [0.15, 0.2) is 0 Å². The molecule has 0 saturated heterocycles. The molecule has 0 spiro atoms. The van der Waals surface area contributed by atoms with Crippen LogP contribution in [-0.4, -0.2) is 24.1 Å². The second-order valence-corrected chi connectivity index (χ2v) is 7.20. The number of hydrogen-bond donors (Lipinski definition) is 1. The minimum atomic E-state index is 0.515. The van der Waals surface area contributed by atoms with Crippen molar-refractivity contribution in [1.82, 2.24) is 10.3 Å². The Kier molecular flexibility index (Phi) is 5.63. The molecule has 1 N–H and O–H groups in total. The van der Waals surface area contributed by atoms with Crippen molar-refractivity contribution < 1.29 is 0 Å². The van der Waals surface area contributed by atoms with Crippen LogP contribution in [0.2, 0.25) is 0 Å². The molecule has 3 nitrogen and oxygen atoms in total. The molecule has 0 atom stereocenters. The average molecular weight is 289 g/mol. The number of rotatable bonds is 8. The Morgan fingerprint density at radius 3 is 2.52 bits per heavy atom. The standard InChI is InChI=1S/C18H31N3/c1-13(2)9-19-10-17-8-15(5)18(20-11-17)21(14(3)4)12-16-6-7-16/h8,11,13-14,16,19H,6-7,9-10,12H2,1-5H3. The predicted octanol–water partition coefficient (Wildman–Crippen LogP) is 3.76. The summed E-state index contributed by atoms with van der Waals surface area (Å²) in [5.41, 5.74) is 2.58. The number of hydrogen-bond acceptors (Lipinski definition) is 3. The van der Waals surface area contributed by atoms with Gasteiger partial charge in [-0.3, -0.25) is 0 Å². The third kappa shape index (κ3) is 4.99. The molecule has 0 aromatic carbocycles. The summed E-state index contributed by atoms with van der Waals surface area (Å²) in [6, 6.07) is 2.81. The van der Waals surface area contributed by atoms with Gasteiger partial charge in [-0.1, -0.05) is 13.8 Å². The van der Waals surface area contributed by atoms with Crippen molar-refractivity contribution >= 4 is 5.82 Å². The smallest absolute Gasteiger partial charge is 0.131 e. The van der Waals surface area contributed by atoms with Crippen LogP contribution in [-0.2, 0) is 6.54 Å². The number of aryl methyl sites for hydroxylation is 1. The summed E-state index contributed by atoms with van der Waals surface area (Å²) < 4.78 is 0. The highest BCUT2D eigenvalue weighted by molar-refractivity contribution is 5.48. The van der Waals surface area contributed by atoms with E-state index in [9.17, 15) is 0 Å². The van der Waals surface area contributed by atoms with Crippen molar-refractivity contribution in [2.75, 3.05) is 18.0 Å². The lowest BCUT2D eigenvalue weighted by atomic mass is 10.1. The SMILES string of the molecule is Cc1cc(CNCC(C)C)cnc1N(CC1CC1)C(C)C. The third-order valence-corrected chi connectivity index (χ3v) is 4.04. The van der Waals surface area contributed by atoms with Crippen molar-refractivity contribution in [2.45, 2.75) is 60.0 Å².